The molecular formula is C35H49ClN4O4. The third-order valence-electron chi connectivity index (χ3n) is 8.86. The molecule has 4 rings (SSSR count). The quantitative estimate of drug-likeness (QED) is 0.251. The van der Waals surface area contributed by atoms with E-state index in [1.165, 1.54) is 12.7 Å². The van der Waals surface area contributed by atoms with Crippen molar-refractivity contribution in [1.82, 2.24) is 21.3 Å². The van der Waals surface area contributed by atoms with Gasteiger partial charge in [-0.3, -0.25) is 14.4 Å². The first-order valence-electron chi connectivity index (χ1n) is 16.2. The molecule has 3 amide bonds. The second-order valence-electron chi connectivity index (χ2n) is 12.8. The minimum atomic E-state index is -0.946. The third kappa shape index (κ3) is 10.0. The van der Waals surface area contributed by atoms with Gasteiger partial charge in [0.25, 0.3) is 5.91 Å². The molecule has 1 unspecified atom stereocenters. The summed E-state index contributed by atoms with van der Waals surface area (Å²) >= 11 is 6.28. The van der Waals surface area contributed by atoms with Crippen molar-refractivity contribution in [2.45, 2.75) is 89.3 Å². The Morgan fingerprint density at radius 2 is 1.66 bits per heavy atom. The zero-order chi connectivity index (χ0) is 31.5. The van der Waals surface area contributed by atoms with Gasteiger partial charge in [0.2, 0.25) is 11.8 Å². The Bertz CT molecular complexity index is 1230. The molecule has 0 bridgehead atoms. The van der Waals surface area contributed by atoms with Gasteiger partial charge in [0.1, 0.15) is 12.1 Å². The number of piperidine rings is 1. The average molecular weight is 625 g/mol. The summed E-state index contributed by atoms with van der Waals surface area (Å²) in [6, 6.07) is 13.7. The molecule has 9 heteroatoms. The Hall–Kier alpha value is -2.94. The van der Waals surface area contributed by atoms with Crippen LogP contribution in [0.1, 0.15) is 86.2 Å². The van der Waals surface area contributed by atoms with Crippen LogP contribution in [-0.4, -0.2) is 62.7 Å². The molecule has 2 aromatic rings. The van der Waals surface area contributed by atoms with Gasteiger partial charge in [0, 0.05) is 29.7 Å². The minimum Gasteiger partial charge on any atom is -0.382 e. The largest absolute Gasteiger partial charge is 0.382 e. The smallest absolute Gasteiger partial charge is 0.251 e. The Labute approximate surface area is 267 Å². The van der Waals surface area contributed by atoms with Gasteiger partial charge in [0.15, 0.2) is 0 Å². The molecule has 1 aliphatic heterocycles. The lowest BCUT2D eigenvalue weighted by atomic mass is 9.80. The predicted molar refractivity (Wildman–Crippen MR) is 175 cm³/mol. The molecule has 4 atom stereocenters. The highest BCUT2D eigenvalue weighted by atomic mass is 35.5. The molecule has 1 saturated carbocycles. The number of benzene rings is 2. The van der Waals surface area contributed by atoms with E-state index in [0.29, 0.717) is 22.9 Å². The van der Waals surface area contributed by atoms with Crippen molar-refractivity contribution in [2.75, 3.05) is 26.8 Å². The summed E-state index contributed by atoms with van der Waals surface area (Å²) in [5.41, 5.74) is 2.81. The zero-order valence-corrected chi connectivity index (χ0v) is 27.1. The molecule has 44 heavy (non-hydrogen) atoms. The van der Waals surface area contributed by atoms with Crippen LogP contribution in [-0.2, 0) is 20.7 Å². The van der Waals surface area contributed by atoms with Crippen molar-refractivity contribution < 1.29 is 19.1 Å². The van der Waals surface area contributed by atoms with E-state index >= 15 is 0 Å². The molecule has 4 N–H and O–H groups in total. The molecule has 240 valence electrons. The van der Waals surface area contributed by atoms with E-state index in [-0.39, 0.29) is 36.3 Å². The molecule has 2 aliphatic rings. The maximum atomic E-state index is 13.7. The second kappa shape index (κ2) is 16.9. The van der Waals surface area contributed by atoms with Gasteiger partial charge in [-0.1, -0.05) is 62.6 Å². The number of methoxy groups -OCH3 is 1. The maximum absolute atomic E-state index is 13.7. The summed E-state index contributed by atoms with van der Waals surface area (Å²) in [6.45, 7) is 6.13. The Morgan fingerprint density at radius 3 is 2.34 bits per heavy atom. The lowest BCUT2D eigenvalue weighted by Crippen LogP contribution is -2.57. The molecule has 0 aromatic heterocycles. The summed E-state index contributed by atoms with van der Waals surface area (Å²) in [6.07, 6.45) is 7.75. The highest BCUT2D eigenvalue weighted by molar-refractivity contribution is 6.30. The van der Waals surface area contributed by atoms with Crippen LogP contribution in [0.25, 0.3) is 0 Å². The molecule has 0 spiro atoms. The van der Waals surface area contributed by atoms with Crippen molar-refractivity contribution in [3.63, 3.8) is 0 Å². The predicted octanol–water partition coefficient (Wildman–Crippen LogP) is 5.00. The van der Waals surface area contributed by atoms with E-state index in [9.17, 15) is 14.4 Å². The molecule has 1 aliphatic carbocycles. The number of nitrogens with one attached hydrogen (secondary N) is 4. The number of rotatable bonds is 13. The van der Waals surface area contributed by atoms with Crippen LogP contribution in [0.3, 0.4) is 0 Å². The van der Waals surface area contributed by atoms with E-state index in [1.54, 1.807) is 0 Å². The minimum absolute atomic E-state index is 0.0130. The SMILES string of the molecule is COC[C@H](NC(=O)c1ccc(CC2CCNCC2)cc1)C(=O)N[C@@H](CC(C)C)C(=O)NC1CCCC[C@H]1c1cccc(Cl)c1. The summed E-state index contributed by atoms with van der Waals surface area (Å²) in [7, 11) is 1.49. The first-order chi connectivity index (χ1) is 21.2. The van der Waals surface area contributed by atoms with Gasteiger partial charge in [-0.25, -0.2) is 0 Å². The number of hydrogen-bond donors (Lipinski definition) is 4. The molecular weight excluding hydrogens is 576 g/mol. The van der Waals surface area contributed by atoms with E-state index in [0.717, 1.165) is 63.6 Å². The average Bonchev–Trinajstić information content (AvgIpc) is 3.01. The van der Waals surface area contributed by atoms with Crippen LogP contribution in [0.4, 0.5) is 0 Å². The third-order valence-corrected chi connectivity index (χ3v) is 9.10. The van der Waals surface area contributed by atoms with Gasteiger partial charge >= 0.3 is 0 Å². The highest BCUT2D eigenvalue weighted by Gasteiger charge is 2.32. The Kier molecular flexibility index (Phi) is 13.1. The molecule has 2 aromatic carbocycles. The van der Waals surface area contributed by atoms with Crippen molar-refractivity contribution >= 4 is 29.3 Å². The van der Waals surface area contributed by atoms with Gasteiger partial charge in [-0.2, -0.15) is 0 Å². The molecule has 2 fully saturated rings. The number of carbonyl (C=O) groups excluding carboxylic acids is 3. The van der Waals surface area contributed by atoms with E-state index in [1.807, 2.05) is 56.3 Å². The number of halogens is 1. The fourth-order valence-corrected chi connectivity index (χ4v) is 6.70. The fourth-order valence-electron chi connectivity index (χ4n) is 6.50. The standard InChI is InChI=1S/C35H49ClN4O4/c1-23(2)19-31(34(42)38-30-10-5-4-9-29(30)27-7-6-8-28(36)21-27)39-35(43)32(22-44-3)40-33(41)26-13-11-24(12-14-26)20-25-15-17-37-18-16-25/h6-8,11-14,21,23,25,29-32,37H,4-5,9-10,15-20,22H2,1-3H3,(H,38,42)(H,39,43)(H,40,41)/t29-,30?,31-,32-/m0/s1. The Morgan fingerprint density at radius 1 is 0.932 bits per heavy atom. The molecule has 0 radical (unpaired) electrons. The van der Waals surface area contributed by atoms with Crippen molar-refractivity contribution in [2.24, 2.45) is 11.8 Å². The number of hydrogen-bond acceptors (Lipinski definition) is 5. The summed E-state index contributed by atoms with van der Waals surface area (Å²) in [5, 5.41) is 13.1. The number of carbonyl (C=O) groups is 3. The molecule has 1 saturated heterocycles. The molecule has 1 heterocycles. The fraction of sp³-hybridized carbons (Fsp3) is 0.571. The van der Waals surface area contributed by atoms with Crippen molar-refractivity contribution in [3.8, 4) is 0 Å². The summed E-state index contributed by atoms with van der Waals surface area (Å²) in [5.74, 6) is -0.0284. The van der Waals surface area contributed by atoms with Gasteiger partial charge in [0.05, 0.1) is 6.61 Å². The van der Waals surface area contributed by atoms with Crippen molar-refractivity contribution in [3.05, 3.63) is 70.2 Å². The summed E-state index contributed by atoms with van der Waals surface area (Å²) < 4.78 is 5.29. The molecule has 8 nitrogen and oxygen atoms in total. The van der Waals surface area contributed by atoms with Crippen LogP contribution >= 0.6 is 11.6 Å². The number of ether oxygens (including phenoxy) is 1. The summed E-state index contributed by atoms with van der Waals surface area (Å²) in [4.78, 5) is 40.3. The van der Waals surface area contributed by atoms with E-state index in [4.69, 9.17) is 16.3 Å². The van der Waals surface area contributed by atoms with E-state index in [2.05, 4.69) is 27.3 Å². The first-order valence-corrected chi connectivity index (χ1v) is 16.6. The van der Waals surface area contributed by atoms with Gasteiger partial charge < -0.3 is 26.0 Å². The van der Waals surface area contributed by atoms with Gasteiger partial charge in [-0.15, -0.1) is 0 Å². The van der Waals surface area contributed by atoms with Crippen LogP contribution in [0, 0.1) is 11.8 Å². The normalized spacial score (nSPS) is 20.5. The van der Waals surface area contributed by atoms with Crippen LogP contribution < -0.4 is 21.3 Å². The lowest BCUT2D eigenvalue weighted by molar-refractivity contribution is -0.131. The zero-order valence-electron chi connectivity index (χ0n) is 26.4. The maximum Gasteiger partial charge on any atom is 0.251 e. The van der Waals surface area contributed by atoms with E-state index < -0.39 is 18.0 Å². The highest BCUT2D eigenvalue weighted by Crippen LogP contribution is 2.34. The van der Waals surface area contributed by atoms with Crippen molar-refractivity contribution in [1.29, 1.82) is 0 Å². The van der Waals surface area contributed by atoms with Crippen LogP contribution in [0.2, 0.25) is 5.02 Å². The van der Waals surface area contributed by atoms with Gasteiger partial charge in [-0.05, 0) is 98.8 Å². The Balaban J connectivity index is 1.38. The monoisotopic (exact) mass is 624 g/mol. The van der Waals surface area contributed by atoms with Crippen LogP contribution in [0.5, 0.6) is 0 Å². The van der Waals surface area contributed by atoms with Crippen LogP contribution in [0.15, 0.2) is 48.5 Å². The number of amides is 3. The topological polar surface area (TPSA) is 109 Å². The first kappa shape index (κ1) is 33.9. The lowest BCUT2D eigenvalue weighted by Gasteiger charge is -2.34. The second-order valence-corrected chi connectivity index (χ2v) is 13.3.